The van der Waals surface area contributed by atoms with E-state index in [1.54, 1.807) is 20.8 Å². The minimum absolute atomic E-state index is 0.132. The van der Waals surface area contributed by atoms with Gasteiger partial charge in [0.05, 0.1) is 6.10 Å². The summed E-state index contributed by atoms with van der Waals surface area (Å²) in [5.41, 5.74) is 0. The Balaban J connectivity index is 4.47. The molecule has 0 aliphatic carbocycles. The summed E-state index contributed by atoms with van der Waals surface area (Å²) in [7, 11) is 0. The number of carbonyl (C=O) groups excluding carboxylic acids is 1. The van der Waals surface area contributed by atoms with Gasteiger partial charge in [-0.1, -0.05) is 6.92 Å². The van der Waals surface area contributed by atoms with E-state index in [9.17, 15) is 9.59 Å². The molecule has 5 nitrogen and oxygen atoms in total. The van der Waals surface area contributed by atoms with Crippen molar-refractivity contribution in [3.8, 4) is 0 Å². The van der Waals surface area contributed by atoms with E-state index in [0.29, 0.717) is 6.42 Å². The summed E-state index contributed by atoms with van der Waals surface area (Å²) >= 11 is 0. The number of carboxylic acids is 1. The average molecular weight is 217 g/mol. The van der Waals surface area contributed by atoms with E-state index in [4.69, 9.17) is 9.84 Å². The average Bonchev–Trinajstić information content (AvgIpc) is 2.11. The van der Waals surface area contributed by atoms with Crippen molar-refractivity contribution in [3.63, 3.8) is 0 Å². The fourth-order valence-electron chi connectivity index (χ4n) is 1.04. The van der Waals surface area contributed by atoms with Crippen LogP contribution in [-0.2, 0) is 9.53 Å². The van der Waals surface area contributed by atoms with Gasteiger partial charge in [-0.2, -0.15) is 0 Å². The topological polar surface area (TPSA) is 66.8 Å². The van der Waals surface area contributed by atoms with Crippen LogP contribution in [0.5, 0.6) is 0 Å². The van der Waals surface area contributed by atoms with Gasteiger partial charge in [0.1, 0.15) is 6.54 Å². The number of ether oxygens (including phenoxy) is 1. The van der Waals surface area contributed by atoms with Crippen LogP contribution >= 0.6 is 0 Å². The summed E-state index contributed by atoms with van der Waals surface area (Å²) in [5.74, 6) is -1.03. The third-order valence-corrected chi connectivity index (χ3v) is 2.00. The van der Waals surface area contributed by atoms with Crippen molar-refractivity contribution >= 4 is 12.1 Å². The van der Waals surface area contributed by atoms with Crippen molar-refractivity contribution in [1.29, 1.82) is 0 Å². The number of hydrogen-bond donors (Lipinski definition) is 1. The molecule has 0 rings (SSSR count). The number of amides is 1. The molecule has 0 heterocycles. The molecule has 1 unspecified atom stereocenters. The molecular formula is C10H19NO4. The predicted octanol–water partition coefficient (Wildman–Crippen LogP) is 1.72. The zero-order valence-electron chi connectivity index (χ0n) is 9.69. The van der Waals surface area contributed by atoms with E-state index in [1.165, 1.54) is 4.90 Å². The highest BCUT2D eigenvalue weighted by atomic mass is 16.6. The molecule has 0 saturated heterocycles. The molecule has 0 aliphatic rings. The molecule has 0 spiro atoms. The first-order valence-electron chi connectivity index (χ1n) is 5.07. The summed E-state index contributed by atoms with van der Waals surface area (Å²) in [6, 6.07) is -0.132. The molecule has 0 saturated carbocycles. The summed E-state index contributed by atoms with van der Waals surface area (Å²) in [6.07, 6.45) is -0.111. The van der Waals surface area contributed by atoms with Crippen LogP contribution in [0.2, 0.25) is 0 Å². The van der Waals surface area contributed by atoms with E-state index in [0.717, 1.165) is 0 Å². The molecule has 0 fully saturated rings. The molecule has 0 radical (unpaired) electrons. The summed E-state index contributed by atoms with van der Waals surface area (Å²) < 4.78 is 4.96. The zero-order valence-corrected chi connectivity index (χ0v) is 9.69. The lowest BCUT2D eigenvalue weighted by Gasteiger charge is -2.26. The van der Waals surface area contributed by atoms with Gasteiger partial charge < -0.3 is 9.84 Å². The van der Waals surface area contributed by atoms with Crippen molar-refractivity contribution < 1.29 is 19.4 Å². The molecule has 15 heavy (non-hydrogen) atoms. The minimum atomic E-state index is -1.03. The Hall–Kier alpha value is -1.26. The predicted molar refractivity (Wildman–Crippen MR) is 55.7 cm³/mol. The van der Waals surface area contributed by atoms with Gasteiger partial charge in [-0.15, -0.1) is 0 Å². The maximum atomic E-state index is 11.5. The summed E-state index contributed by atoms with van der Waals surface area (Å²) in [4.78, 5) is 23.3. The summed E-state index contributed by atoms with van der Waals surface area (Å²) in [6.45, 7) is 6.83. The molecule has 5 heteroatoms. The number of carboxylic acid groups (broad SMARTS) is 1. The van der Waals surface area contributed by atoms with Gasteiger partial charge in [0, 0.05) is 6.04 Å². The second-order valence-corrected chi connectivity index (χ2v) is 3.71. The molecule has 0 aromatic carbocycles. The van der Waals surface area contributed by atoms with Gasteiger partial charge in [-0.25, -0.2) is 4.79 Å². The van der Waals surface area contributed by atoms with Crippen LogP contribution in [0.1, 0.15) is 34.1 Å². The Bertz CT molecular complexity index is 227. The highest BCUT2D eigenvalue weighted by Gasteiger charge is 2.23. The van der Waals surface area contributed by atoms with E-state index >= 15 is 0 Å². The Labute approximate surface area is 90.0 Å². The molecule has 88 valence electrons. The van der Waals surface area contributed by atoms with Crippen molar-refractivity contribution in [2.75, 3.05) is 6.54 Å². The lowest BCUT2D eigenvalue weighted by atomic mass is 10.2. The van der Waals surface area contributed by atoms with Crippen molar-refractivity contribution in [3.05, 3.63) is 0 Å². The summed E-state index contributed by atoms with van der Waals surface area (Å²) in [5, 5.41) is 8.66. The van der Waals surface area contributed by atoms with Crippen LogP contribution in [0.3, 0.4) is 0 Å². The van der Waals surface area contributed by atoms with Crippen LogP contribution in [-0.4, -0.2) is 40.8 Å². The second kappa shape index (κ2) is 6.27. The third kappa shape index (κ3) is 5.24. The van der Waals surface area contributed by atoms with E-state index < -0.39 is 12.1 Å². The van der Waals surface area contributed by atoms with Crippen molar-refractivity contribution in [1.82, 2.24) is 4.90 Å². The number of aliphatic carboxylic acids is 1. The first kappa shape index (κ1) is 13.7. The standard InChI is InChI=1S/C10H19NO4/c1-5-8(4)11(6-9(12)13)10(14)15-7(2)3/h7-8H,5-6H2,1-4H3,(H,12,13). The van der Waals surface area contributed by atoms with E-state index in [1.807, 2.05) is 6.92 Å². The molecule has 1 N–H and O–H groups in total. The zero-order chi connectivity index (χ0) is 12.0. The molecule has 0 aliphatic heterocycles. The Kier molecular flexibility index (Phi) is 5.74. The van der Waals surface area contributed by atoms with E-state index in [2.05, 4.69) is 0 Å². The van der Waals surface area contributed by atoms with Crippen LogP contribution in [0.15, 0.2) is 0 Å². The van der Waals surface area contributed by atoms with Crippen LogP contribution in [0.4, 0.5) is 4.79 Å². The third-order valence-electron chi connectivity index (χ3n) is 2.00. The Morgan fingerprint density at radius 1 is 1.33 bits per heavy atom. The van der Waals surface area contributed by atoms with Gasteiger partial charge in [-0.05, 0) is 27.2 Å². The van der Waals surface area contributed by atoms with Gasteiger partial charge in [-0.3, -0.25) is 9.69 Å². The highest BCUT2D eigenvalue weighted by molar-refractivity contribution is 5.77. The molecule has 0 aromatic heterocycles. The van der Waals surface area contributed by atoms with Crippen molar-refractivity contribution in [2.45, 2.75) is 46.3 Å². The molecule has 0 bridgehead atoms. The number of rotatable bonds is 5. The lowest BCUT2D eigenvalue weighted by molar-refractivity contribution is -0.138. The first-order chi connectivity index (χ1) is 6.88. The maximum absolute atomic E-state index is 11.5. The quantitative estimate of drug-likeness (QED) is 0.761. The van der Waals surface area contributed by atoms with Gasteiger partial charge in [0.15, 0.2) is 0 Å². The van der Waals surface area contributed by atoms with Gasteiger partial charge in [0.2, 0.25) is 0 Å². The van der Waals surface area contributed by atoms with Gasteiger partial charge in [0.25, 0.3) is 0 Å². The molecule has 1 amide bonds. The monoisotopic (exact) mass is 217 g/mol. The maximum Gasteiger partial charge on any atom is 0.410 e. The SMILES string of the molecule is CCC(C)N(CC(=O)O)C(=O)OC(C)C. The molecule has 1 atom stereocenters. The Morgan fingerprint density at radius 2 is 1.87 bits per heavy atom. The van der Waals surface area contributed by atoms with Crippen molar-refractivity contribution in [2.24, 2.45) is 0 Å². The van der Waals surface area contributed by atoms with Crippen LogP contribution in [0, 0.1) is 0 Å². The van der Waals surface area contributed by atoms with Gasteiger partial charge >= 0.3 is 12.1 Å². The minimum Gasteiger partial charge on any atom is -0.480 e. The second-order valence-electron chi connectivity index (χ2n) is 3.71. The number of nitrogens with zero attached hydrogens (tertiary/aromatic N) is 1. The fourth-order valence-corrected chi connectivity index (χ4v) is 1.04. The number of hydrogen-bond acceptors (Lipinski definition) is 3. The first-order valence-corrected chi connectivity index (χ1v) is 5.07. The smallest absolute Gasteiger partial charge is 0.410 e. The lowest BCUT2D eigenvalue weighted by Crippen LogP contribution is -2.42. The Morgan fingerprint density at radius 3 is 2.20 bits per heavy atom. The number of carbonyl (C=O) groups is 2. The highest BCUT2D eigenvalue weighted by Crippen LogP contribution is 2.07. The normalized spacial score (nSPS) is 12.3. The largest absolute Gasteiger partial charge is 0.480 e. The van der Waals surface area contributed by atoms with Crippen LogP contribution in [0.25, 0.3) is 0 Å². The molecular weight excluding hydrogens is 198 g/mol. The van der Waals surface area contributed by atoms with E-state index in [-0.39, 0.29) is 18.7 Å². The molecule has 0 aromatic rings. The van der Waals surface area contributed by atoms with Crippen LogP contribution < -0.4 is 0 Å². The fraction of sp³-hybridized carbons (Fsp3) is 0.800.